The van der Waals surface area contributed by atoms with Crippen molar-refractivity contribution in [3.63, 3.8) is 0 Å². The standard InChI is InChI=1S/C9H12N4O3/c1-6-8(13(15)16)4-10-12(6)5-9(14)11-7-2-3-7/h4,7H,2-3,5H2,1H3,(H,11,14). The largest absolute Gasteiger partial charge is 0.352 e. The fourth-order valence-electron chi connectivity index (χ4n) is 1.41. The van der Waals surface area contributed by atoms with Gasteiger partial charge in [0.2, 0.25) is 5.91 Å². The summed E-state index contributed by atoms with van der Waals surface area (Å²) in [5.74, 6) is -0.149. The molecule has 1 heterocycles. The number of nitrogens with zero attached hydrogens (tertiary/aromatic N) is 3. The summed E-state index contributed by atoms with van der Waals surface area (Å²) in [6.07, 6.45) is 3.20. The fourth-order valence-corrected chi connectivity index (χ4v) is 1.41. The van der Waals surface area contributed by atoms with Crippen LogP contribution in [0.15, 0.2) is 6.20 Å². The molecule has 0 spiro atoms. The zero-order valence-electron chi connectivity index (χ0n) is 8.84. The molecule has 0 saturated heterocycles. The van der Waals surface area contributed by atoms with Crippen LogP contribution in [-0.4, -0.2) is 26.7 Å². The number of carbonyl (C=O) groups excluding carboxylic acids is 1. The van der Waals surface area contributed by atoms with Crippen LogP contribution < -0.4 is 5.32 Å². The Morgan fingerprint density at radius 2 is 2.44 bits per heavy atom. The molecule has 1 aliphatic carbocycles. The Morgan fingerprint density at radius 1 is 1.75 bits per heavy atom. The molecule has 0 aromatic carbocycles. The number of hydrogen-bond acceptors (Lipinski definition) is 4. The lowest BCUT2D eigenvalue weighted by Crippen LogP contribution is -2.29. The quantitative estimate of drug-likeness (QED) is 0.591. The van der Waals surface area contributed by atoms with Gasteiger partial charge in [-0.2, -0.15) is 5.10 Å². The van der Waals surface area contributed by atoms with Gasteiger partial charge in [0.25, 0.3) is 0 Å². The molecule has 1 fully saturated rings. The van der Waals surface area contributed by atoms with Gasteiger partial charge in [-0.15, -0.1) is 0 Å². The van der Waals surface area contributed by atoms with E-state index in [1.807, 2.05) is 0 Å². The van der Waals surface area contributed by atoms with Crippen LogP contribution in [0, 0.1) is 17.0 Å². The first-order valence-electron chi connectivity index (χ1n) is 5.04. The van der Waals surface area contributed by atoms with Gasteiger partial charge in [0.15, 0.2) is 0 Å². The first-order chi connectivity index (χ1) is 7.58. The second kappa shape index (κ2) is 3.92. The van der Waals surface area contributed by atoms with Gasteiger partial charge in [-0.3, -0.25) is 19.6 Å². The van der Waals surface area contributed by atoms with Crippen molar-refractivity contribution in [1.82, 2.24) is 15.1 Å². The van der Waals surface area contributed by atoms with Crippen molar-refractivity contribution in [3.05, 3.63) is 22.0 Å². The van der Waals surface area contributed by atoms with Gasteiger partial charge in [0, 0.05) is 6.04 Å². The molecular formula is C9H12N4O3. The highest BCUT2D eigenvalue weighted by molar-refractivity contribution is 5.76. The third kappa shape index (κ3) is 2.18. The molecule has 0 aliphatic heterocycles. The molecule has 1 N–H and O–H groups in total. The van der Waals surface area contributed by atoms with Crippen molar-refractivity contribution in [2.45, 2.75) is 32.4 Å². The molecule has 1 aliphatic rings. The van der Waals surface area contributed by atoms with E-state index in [-0.39, 0.29) is 18.1 Å². The molecule has 2 rings (SSSR count). The second-order valence-corrected chi connectivity index (χ2v) is 3.87. The summed E-state index contributed by atoms with van der Waals surface area (Å²) in [7, 11) is 0. The van der Waals surface area contributed by atoms with Crippen LogP contribution in [-0.2, 0) is 11.3 Å². The normalized spacial score (nSPS) is 14.8. The Morgan fingerprint density at radius 3 is 2.94 bits per heavy atom. The van der Waals surface area contributed by atoms with E-state index in [1.54, 1.807) is 6.92 Å². The molecule has 0 radical (unpaired) electrons. The predicted molar refractivity (Wildman–Crippen MR) is 54.8 cm³/mol. The molecule has 0 unspecified atom stereocenters. The van der Waals surface area contributed by atoms with Gasteiger partial charge in [0.1, 0.15) is 18.4 Å². The number of rotatable bonds is 4. The van der Waals surface area contributed by atoms with E-state index >= 15 is 0 Å². The zero-order chi connectivity index (χ0) is 11.7. The number of amides is 1. The lowest BCUT2D eigenvalue weighted by Gasteiger charge is -2.04. The Bertz CT molecular complexity index is 436. The average Bonchev–Trinajstić information content (AvgIpc) is 2.92. The number of nitrogens with one attached hydrogen (secondary N) is 1. The third-order valence-electron chi connectivity index (χ3n) is 2.51. The first-order valence-corrected chi connectivity index (χ1v) is 5.04. The molecule has 0 bridgehead atoms. The Balaban J connectivity index is 2.03. The highest BCUT2D eigenvalue weighted by atomic mass is 16.6. The smallest absolute Gasteiger partial charge is 0.309 e. The van der Waals surface area contributed by atoms with Crippen molar-refractivity contribution >= 4 is 11.6 Å². The molecule has 16 heavy (non-hydrogen) atoms. The Hall–Kier alpha value is -1.92. The van der Waals surface area contributed by atoms with Crippen LogP contribution in [0.1, 0.15) is 18.5 Å². The van der Waals surface area contributed by atoms with Gasteiger partial charge < -0.3 is 5.32 Å². The van der Waals surface area contributed by atoms with E-state index in [9.17, 15) is 14.9 Å². The zero-order valence-corrected chi connectivity index (χ0v) is 8.84. The maximum absolute atomic E-state index is 11.5. The van der Waals surface area contributed by atoms with Gasteiger partial charge >= 0.3 is 5.69 Å². The highest BCUT2D eigenvalue weighted by Crippen LogP contribution is 2.19. The number of nitro groups is 1. The van der Waals surface area contributed by atoms with Gasteiger partial charge in [0.05, 0.1) is 4.92 Å². The molecule has 1 aromatic rings. The Kier molecular flexibility index (Phi) is 2.59. The van der Waals surface area contributed by atoms with E-state index in [4.69, 9.17) is 0 Å². The molecule has 7 nitrogen and oxygen atoms in total. The minimum Gasteiger partial charge on any atom is -0.352 e. The van der Waals surface area contributed by atoms with Crippen LogP contribution in [0.4, 0.5) is 5.69 Å². The molecule has 86 valence electrons. The van der Waals surface area contributed by atoms with E-state index < -0.39 is 4.92 Å². The molecule has 1 amide bonds. The van der Waals surface area contributed by atoms with Crippen LogP contribution >= 0.6 is 0 Å². The molecular weight excluding hydrogens is 212 g/mol. The number of hydrogen-bond donors (Lipinski definition) is 1. The maximum atomic E-state index is 11.5. The molecule has 1 saturated carbocycles. The van der Waals surface area contributed by atoms with Gasteiger partial charge in [-0.25, -0.2) is 0 Å². The minimum atomic E-state index is -0.502. The Labute approximate surface area is 91.6 Å². The fraction of sp³-hybridized carbons (Fsp3) is 0.556. The van der Waals surface area contributed by atoms with Crippen LogP contribution in [0.3, 0.4) is 0 Å². The predicted octanol–water partition coefficient (Wildman–Crippen LogP) is 0.378. The topological polar surface area (TPSA) is 90.1 Å². The van der Waals surface area contributed by atoms with Crippen LogP contribution in [0.5, 0.6) is 0 Å². The van der Waals surface area contributed by atoms with Gasteiger partial charge in [-0.05, 0) is 19.8 Å². The lowest BCUT2D eigenvalue weighted by molar-refractivity contribution is -0.385. The minimum absolute atomic E-state index is 0.0379. The van der Waals surface area contributed by atoms with Crippen molar-refractivity contribution in [2.75, 3.05) is 0 Å². The summed E-state index contributed by atoms with van der Waals surface area (Å²) in [6.45, 7) is 1.62. The number of aromatic nitrogens is 2. The highest BCUT2D eigenvalue weighted by Gasteiger charge is 2.24. The van der Waals surface area contributed by atoms with E-state index in [0.717, 1.165) is 12.8 Å². The lowest BCUT2D eigenvalue weighted by atomic mass is 10.4. The maximum Gasteiger partial charge on any atom is 0.309 e. The molecule has 7 heteroatoms. The monoisotopic (exact) mass is 224 g/mol. The summed E-state index contributed by atoms with van der Waals surface area (Å²) in [5, 5.41) is 17.2. The van der Waals surface area contributed by atoms with Crippen molar-refractivity contribution < 1.29 is 9.72 Å². The second-order valence-electron chi connectivity index (χ2n) is 3.87. The van der Waals surface area contributed by atoms with E-state index in [1.165, 1.54) is 10.9 Å². The summed E-state index contributed by atoms with van der Waals surface area (Å²) in [5.41, 5.74) is 0.343. The summed E-state index contributed by atoms with van der Waals surface area (Å²) in [4.78, 5) is 21.5. The summed E-state index contributed by atoms with van der Waals surface area (Å²) in [6, 6.07) is 0.290. The SMILES string of the molecule is Cc1c([N+](=O)[O-])cnn1CC(=O)NC1CC1. The van der Waals surface area contributed by atoms with Crippen molar-refractivity contribution in [2.24, 2.45) is 0 Å². The van der Waals surface area contributed by atoms with E-state index in [0.29, 0.717) is 11.7 Å². The third-order valence-corrected chi connectivity index (χ3v) is 2.51. The first kappa shape index (κ1) is 10.6. The molecule has 0 atom stereocenters. The van der Waals surface area contributed by atoms with Crippen LogP contribution in [0.25, 0.3) is 0 Å². The molecule has 1 aromatic heterocycles. The van der Waals surface area contributed by atoms with E-state index in [2.05, 4.69) is 10.4 Å². The summed E-state index contributed by atoms with van der Waals surface area (Å²) < 4.78 is 1.34. The van der Waals surface area contributed by atoms with Crippen molar-refractivity contribution in [1.29, 1.82) is 0 Å². The van der Waals surface area contributed by atoms with Crippen LogP contribution in [0.2, 0.25) is 0 Å². The van der Waals surface area contributed by atoms with Crippen molar-refractivity contribution in [3.8, 4) is 0 Å². The van der Waals surface area contributed by atoms with Gasteiger partial charge in [-0.1, -0.05) is 0 Å². The summed E-state index contributed by atoms with van der Waals surface area (Å²) >= 11 is 0. The average molecular weight is 224 g/mol. The number of carbonyl (C=O) groups is 1.